The highest BCUT2D eigenvalue weighted by molar-refractivity contribution is 6.04. The molecule has 2 amide bonds. The van der Waals surface area contributed by atoms with Gasteiger partial charge in [-0.05, 0) is 106 Å². The quantitative estimate of drug-likeness (QED) is 0.194. The minimum Gasteiger partial charge on any atom is -0.479 e. The van der Waals surface area contributed by atoms with Crippen molar-refractivity contribution in [2.45, 2.75) is 81.8 Å². The van der Waals surface area contributed by atoms with Gasteiger partial charge in [0.25, 0.3) is 5.91 Å². The molecular weight excluding hydrogens is 731 g/mol. The number of anilines is 1. The third-order valence-corrected chi connectivity index (χ3v) is 11.7. The molecule has 6 heterocycles. The Morgan fingerprint density at radius 3 is 2.46 bits per heavy atom. The molecule has 2 unspecified atom stereocenters. The van der Waals surface area contributed by atoms with Crippen LogP contribution in [0.15, 0.2) is 53.5 Å². The fourth-order valence-electron chi connectivity index (χ4n) is 8.81. The highest BCUT2D eigenvalue weighted by Gasteiger charge is 2.35. The van der Waals surface area contributed by atoms with E-state index in [-0.39, 0.29) is 34.9 Å². The van der Waals surface area contributed by atoms with E-state index in [0.717, 1.165) is 86.9 Å². The van der Waals surface area contributed by atoms with Gasteiger partial charge in [-0.25, -0.2) is 9.78 Å². The zero-order valence-corrected chi connectivity index (χ0v) is 31.1. The summed E-state index contributed by atoms with van der Waals surface area (Å²) in [5.74, 6) is -0.223. The number of likely N-dealkylation sites (tertiary alicyclic amines) is 1. The number of amides is 2. The lowest BCUT2D eigenvalue weighted by atomic mass is 9.84. The van der Waals surface area contributed by atoms with Crippen molar-refractivity contribution in [2.24, 2.45) is 13.0 Å². The molecule has 3 aliphatic rings. The minimum absolute atomic E-state index is 0.0877. The first-order valence-corrected chi connectivity index (χ1v) is 19.1. The van der Waals surface area contributed by atoms with E-state index in [0.29, 0.717) is 35.7 Å². The van der Waals surface area contributed by atoms with E-state index in [4.69, 9.17) is 9.84 Å². The third-order valence-electron chi connectivity index (χ3n) is 11.7. The summed E-state index contributed by atoms with van der Waals surface area (Å²) < 4.78 is 50.1. The Bertz CT molecular complexity index is 2340. The summed E-state index contributed by atoms with van der Waals surface area (Å²) in [5.41, 5.74) is 1.64. The zero-order chi connectivity index (χ0) is 39.3. The molecule has 2 aliphatic heterocycles. The Balaban J connectivity index is 0.876. The molecule has 56 heavy (non-hydrogen) atoms. The summed E-state index contributed by atoms with van der Waals surface area (Å²) in [4.78, 5) is 49.6. The standard InChI is InChI=1S/C39H44F3N9O5/c1-48-33-26(5-3-7-29(33)51(38(48)55)30-13-14-32(52)45-36(30)54)23-15-17-49(18-16-23)20-22-9-11-25(12-10-22)50-21-24-19-28(37(56-2)46-34(24)47-50)44-35(53)27-6-4-8-31(43-27)39(40,41)42/h3-8,19,21-23,25,30,32,52H,9-18,20H2,1-2H3,(H,44,53)(H,45,54)/t22-,25-,30?,32?. The van der Waals surface area contributed by atoms with Crippen LogP contribution in [0, 0.1) is 5.92 Å². The number of aliphatic hydroxyl groups excluding tert-OH is 1. The molecule has 4 aromatic heterocycles. The molecule has 5 aromatic rings. The lowest BCUT2D eigenvalue weighted by molar-refractivity contribution is -0.141. The van der Waals surface area contributed by atoms with Crippen LogP contribution in [0.4, 0.5) is 18.9 Å². The molecule has 8 rings (SSSR count). The molecule has 0 bridgehead atoms. The molecule has 296 valence electrons. The Morgan fingerprint density at radius 2 is 1.75 bits per heavy atom. The van der Waals surface area contributed by atoms with Gasteiger partial charge in [-0.2, -0.15) is 23.3 Å². The van der Waals surface area contributed by atoms with Crippen molar-refractivity contribution in [1.82, 2.24) is 39.1 Å². The van der Waals surface area contributed by atoms with Crippen LogP contribution >= 0.6 is 0 Å². The lowest BCUT2D eigenvalue weighted by Crippen LogP contribution is -2.46. The summed E-state index contributed by atoms with van der Waals surface area (Å²) in [5, 5.41) is 20.4. The maximum atomic E-state index is 13.5. The first-order chi connectivity index (χ1) is 26.9. The van der Waals surface area contributed by atoms with Crippen molar-refractivity contribution in [2.75, 3.05) is 32.1 Å². The van der Waals surface area contributed by atoms with Crippen molar-refractivity contribution in [1.29, 1.82) is 0 Å². The van der Waals surface area contributed by atoms with Gasteiger partial charge >= 0.3 is 11.9 Å². The van der Waals surface area contributed by atoms with Crippen molar-refractivity contribution < 1.29 is 32.6 Å². The topological polar surface area (TPSA) is 161 Å². The number of halogens is 3. The number of nitrogens with one attached hydrogen (secondary N) is 2. The van der Waals surface area contributed by atoms with E-state index in [2.05, 4.69) is 31.6 Å². The average Bonchev–Trinajstić information content (AvgIpc) is 3.72. The van der Waals surface area contributed by atoms with Gasteiger partial charge in [-0.3, -0.25) is 23.4 Å². The molecule has 3 N–H and O–H groups in total. The number of fused-ring (bicyclic) bond motifs is 2. The molecule has 2 saturated heterocycles. The maximum absolute atomic E-state index is 13.5. The van der Waals surface area contributed by atoms with E-state index in [9.17, 15) is 32.7 Å². The number of methoxy groups -OCH3 is 1. The number of imidazole rings is 1. The molecule has 1 aromatic carbocycles. The Labute approximate surface area is 319 Å². The smallest absolute Gasteiger partial charge is 0.433 e. The Kier molecular flexibility index (Phi) is 10.1. The number of aliphatic hydroxyl groups is 1. The predicted molar refractivity (Wildman–Crippen MR) is 200 cm³/mol. The Hall–Kier alpha value is -5.29. The van der Waals surface area contributed by atoms with Crippen LogP contribution in [0.25, 0.3) is 22.1 Å². The summed E-state index contributed by atoms with van der Waals surface area (Å²) >= 11 is 0. The number of aromatic nitrogens is 6. The highest BCUT2D eigenvalue weighted by Crippen LogP contribution is 2.38. The minimum atomic E-state index is -4.68. The number of benzene rings is 1. The second kappa shape index (κ2) is 15.0. The average molecular weight is 776 g/mol. The third kappa shape index (κ3) is 7.24. The first-order valence-electron chi connectivity index (χ1n) is 19.1. The number of nitrogens with zero attached hydrogens (tertiary/aromatic N) is 7. The zero-order valence-electron chi connectivity index (χ0n) is 31.1. The largest absolute Gasteiger partial charge is 0.479 e. The summed E-state index contributed by atoms with van der Waals surface area (Å²) in [6.45, 7) is 2.93. The number of hydrogen-bond donors (Lipinski definition) is 3. The highest BCUT2D eigenvalue weighted by atomic mass is 19.4. The van der Waals surface area contributed by atoms with Crippen molar-refractivity contribution in [3.63, 3.8) is 0 Å². The number of alkyl halides is 3. The van der Waals surface area contributed by atoms with E-state index < -0.39 is 30.0 Å². The van der Waals surface area contributed by atoms with Crippen LogP contribution in [-0.2, 0) is 18.0 Å². The molecule has 0 spiro atoms. The van der Waals surface area contributed by atoms with Crippen molar-refractivity contribution in [3.05, 3.63) is 76.1 Å². The Morgan fingerprint density at radius 1 is 1.00 bits per heavy atom. The first kappa shape index (κ1) is 37.6. The number of piperidine rings is 2. The number of aryl methyl sites for hydroxylation is 1. The number of rotatable bonds is 8. The van der Waals surface area contributed by atoms with Gasteiger partial charge < -0.3 is 25.4 Å². The second-order valence-corrected chi connectivity index (χ2v) is 15.2. The molecule has 2 atom stereocenters. The van der Waals surface area contributed by atoms with Crippen LogP contribution < -0.4 is 21.1 Å². The second-order valence-electron chi connectivity index (χ2n) is 15.2. The number of hydrogen-bond acceptors (Lipinski definition) is 9. The van der Waals surface area contributed by atoms with Crippen LogP contribution in [0.1, 0.15) is 91.1 Å². The van der Waals surface area contributed by atoms with Gasteiger partial charge in [0.1, 0.15) is 29.3 Å². The van der Waals surface area contributed by atoms with Crippen LogP contribution in [0.2, 0.25) is 0 Å². The van der Waals surface area contributed by atoms with E-state index in [1.165, 1.54) is 13.2 Å². The number of para-hydroxylation sites is 1. The summed E-state index contributed by atoms with van der Waals surface area (Å²) in [7, 11) is 3.16. The summed E-state index contributed by atoms with van der Waals surface area (Å²) in [6.07, 6.45) is 3.04. The van der Waals surface area contributed by atoms with Crippen LogP contribution in [0.5, 0.6) is 5.88 Å². The van der Waals surface area contributed by atoms with Crippen LogP contribution in [0.3, 0.4) is 0 Å². The molecule has 1 aliphatic carbocycles. The van der Waals surface area contributed by atoms with E-state index in [1.807, 2.05) is 23.0 Å². The van der Waals surface area contributed by atoms with Gasteiger partial charge in [0.05, 0.1) is 24.2 Å². The fourth-order valence-corrected chi connectivity index (χ4v) is 8.81. The van der Waals surface area contributed by atoms with E-state index in [1.54, 1.807) is 22.2 Å². The fraction of sp³-hybridized carbons (Fsp3) is 0.487. The van der Waals surface area contributed by atoms with Gasteiger partial charge in [0.15, 0.2) is 5.65 Å². The number of carbonyl (C=O) groups excluding carboxylic acids is 2. The molecule has 1 saturated carbocycles. The number of ether oxygens (including phenoxy) is 1. The number of carbonyl (C=O) groups is 2. The van der Waals surface area contributed by atoms with Gasteiger partial charge in [0, 0.05) is 25.2 Å². The summed E-state index contributed by atoms with van der Waals surface area (Å²) in [6, 6.07) is 10.3. The van der Waals surface area contributed by atoms with E-state index >= 15 is 0 Å². The molecule has 0 radical (unpaired) electrons. The van der Waals surface area contributed by atoms with Gasteiger partial charge in [-0.15, -0.1) is 0 Å². The van der Waals surface area contributed by atoms with Gasteiger partial charge in [-0.1, -0.05) is 18.2 Å². The maximum Gasteiger partial charge on any atom is 0.433 e. The number of pyridine rings is 2. The molecular formula is C39H44F3N9O5. The SMILES string of the molecule is COc1nc2nn([C@H]3CC[C@H](CN4CCC(c5cccc6c5n(C)c(=O)n6C5CCC(O)NC5=O)CC4)CC3)cc2cc1NC(=O)c1cccc(C(F)(F)F)n1. The lowest BCUT2D eigenvalue weighted by Gasteiger charge is -2.37. The van der Waals surface area contributed by atoms with Crippen molar-refractivity contribution in [3.8, 4) is 5.88 Å². The predicted octanol–water partition coefficient (Wildman–Crippen LogP) is 5.14. The van der Waals surface area contributed by atoms with Crippen LogP contribution in [-0.4, -0.2) is 83.7 Å². The normalized spacial score (nSPS) is 22.7. The monoisotopic (exact) mass is 775 g/mol. The van der Waals surface area contributed by atoms with Gasteiger partial charge in [0.2, 0.25) is 11.8 Å². The molecule has 17 heteroatoms. The molecule has 3 fully saturated rings. The van der Waals surface area contributed by atoms with Crippen molar-refractivity contribution >= 4 is 39.6 Å². The molecule has 14 nitrogen and oxygen atoms in total.